The van der Waals surface area contributed by atoms with Crippen molar-refractivity contribution in [3.8, 4) is 23.0 Å². The van der Waals surface area contributed by atoms with Crippen LogP contribution in [-0.2, 0) is 0 Å². The van der Waals surface area contributed by atoms with E-state index in [-0.39, 0.29) is 12.4 Å². The SMILES string of the molecule is COc1ccccc1C(=O)COc1ccc(-c2nnco2)cc1. The van der Waals surface area contributed by atoms with Gasteiger partial charge in [0.25, 0.3) is 0 Å². The molecule has 3 rings (SSSR count). The van der Waals surface area contributed by atoms with Crippen molar-refractivity contribution in [3.05, 3.63) is 60.5 Å². The zero-order chi connectivity index (χ0) is 16.1. The molecule has 0 fully saturated rings. The lowest BCUT2D eigenvalue weighted by atomic mass is 10.1. The summed E-state index contributed by atoms with van der Waals surface area (Å²) in [6, 6.07) is 14.1. The Bertz CT molecular complexity index is 783. The molecule has 0 atom stereocenters. The van der Waals surface area contributed by atoms with E-state index >= 15 is 0 Å². The molecule has 0 aliphatic carbocycles. The van der Waals surface area contributed by atoms with E-state index in [1.54, 1.807) is 42.5 Å². The van der Waals surface area contributed by atoms with Crippen molar-refractivity contribution in [2.24, 2.45) is 0 Å². The number of ether oxygens (including phenoxy) is 2. The molecule has 2 aromatic carbocycles. The molecule has 0 aliphatic rings. The molecule has 6 nitrogen and oxygen atoms in total. The maximum atomic E-state index is 12.2. The average molecular weight is 310 g/mol. The molecule has 3 aromatic rings. The first-order chi connectivity index (χ1) is 11.3. The summed E-state index contributed by atoms with van der Waals surface area (Å²) in [4.78, 5) is 12.2. The molecule has 0 unspecified atom stereocenters. The van der Waals surface area contributed by atoms with Gasteiger partial charge in [-0.25, -0.2) is 0 Å². The number of rotatable bonds is 6. The molecule has 0 spiro atoms. The molecule has 116 valence electrons. The molecule has 0 radical (unpaired) electrons. The van der Waals surface area contributed by atoms with Gasteiger partial charge < -0.3 is 13.9 Å². The van der Waals surface area contributed by atoms with Crippen LogP contribution >= 0.6 is 0 Å². The molecule has 0 N–H and O–H groups in total. The Labute approximate surface area is 132 Å². The Balaban J connectivity index is 1.65. The Kier molecular flexibility index (Phi) is 4.33. The third-order valence-electron chi connectivity index (χ3n) is 3.24. The van der Waals surface area contributed by atoms with E-state index in [0.29, 0.717) is 23.0 Å². The van der Waals surface area contributed by atoms with Gasteiger partial charge in [0.2, 0.25) is 18.1 Å². The summed E-state index contributed by atoms with van der Waals surface area (Å²) in [7, 11) is 1.53. The molecule has 6 heteroatoms. The van der Waals surface area contributed by atoms with Crippen LogP contribution in [0.4, 0.5) is 0 Å². The molecule has 1 heterocycles. The highest BCUT2D eigenvalue weighted by molar-refractivity contribution is 5.99. The molecule has 0 aliphatic heterocycles. The summed E-state index contributed by atoms with van der Waals surface area (Å²) < 4.78 is 15.8. The molecular weight excluding hydrogens is 296 g/mol. The van der Waals surface area contributed by atoms with Crippen molar-refractivity contribution in [3.63, 3.8) is 0 Å². The largest absolute Gasteiger partial charge is 0.496 e. The second-order valence-electron chi connectivity index (χ2n) is 4.68. The van der Waals surface area contributed by atoms with E-state index in [0.717, 1.165) is 5.56 Å². The van der Waals surface area contributed by atoms with Crippen molar-refractivity contribution >= 4 is 5.78 Å². The van der Waals surface area contributed by atoms with Crippen LogP contribution in [0.3, 0.4) is 0 Å². The van der Waals surface area contributed by atoms with E-state index in [4.69, 9.17) is 13.9 Å². The molecule has 23 heavy (non-hydrogen) atoms. The zero-order valence-corrected chi connectivity index (χ0v) is 12.4. The van der Waals surface area contributed by atoms with Crippen LogP contribution in [0.5, 0.6) is 11.5 Å². The zero-order valence-electron chi connectivity index (χ0n) is 12.4. The number of methoxy groups -OCH3 is 1. The minimum atomic E-state index is -0.150. The standard InChI is InChI=1S/C17H14N2O4/c1-21-16-5-3-2-4-14(16)15(20)10-22-13-8-6-12(7-9-13)17-19-18-11-23-17/h2-9,11H,10H2,1H3. The second-order valence-corrected chi connectivity index (χ2v) is 4.68. The number of carbonyl (C=O) groups is 1. The van der Waals surface area contributed by atoms with Crippen molar-refractivity contribution in [1.29, 1.82) is 0 Å². The van der Waals surface area contributed by atoms with Crippen LogP contribution in [-0.4, -0.2) is 29.7 Å². The Morgan fingerprint density at radius 3 is 2.61 bits per heavy atom. The summed E-state index contributed by atoms with van der Waals surface area (Å²) >= 11 is 0. The van der Waals surface area contributed by atoms with Crippen LogP contribution in [0.1, 0.15) is 10.4 Å². The fraction of sp³-hybridized carbons (Fsp3) is 0.118. The summed E-state index contributed by atoms with van der Waals surface area (Å²) in [5.41, 5.74) is 1.28. The van der Waals surface area contributed by atoms with E-state index in [1.807, 2.05) is 6.07 Å². The molecule has 1 aromatic heterocycles. The number of ketones is 1. The number of para-hydroxylation sites is 1. The van der Waals surface area contributed by atoms with Gasteiger partial charge in [-0.15, -0.1) is 10.2 Å². The highest BCUT2D eigenvalue weighted by Gasteiger charge is 2.12. The Hall–Kier alpha value is -3.15. The number of benzene rings is 2. The highest BCUT2D eigenvalue weighted by Crippen LogP contribution is 2.21. The number of hydrogen-bond acceptors (Lipinski definition) is 6. The lowest BCUT2D eigenvalue weighted by Gasteiger charge is -2.09. The maximum Gasteiger partial charge on any atom is 0.247 e. The number of Topliss-reactive ketones (excluding diaryl/α,β-unsaturated/α-hetero) is 1. The van der Waals surface area contributed by atoms with Gasteiger partial charge in [0.1, 0.15) is 11.5 Å². The Morgan fingerprint density at radius 2 is 1.91 bits per heavy atom. The van der Waals surface area contributed by atoms with Gasteiger partial charge in [-0.2, -0.15) is 0 Å². The van der Waals surface area contributed by atoms with Gasteiger partial charge in [0, 0.05) is 5.56 Å². The molecule has 0 bridgehead atoms. The van der Waals surface area contributed by atoms with Gasteiger partial charge in [-0.3, -0.25) is 4.79 Å². The summed E-state index contributed by atoms with van der Waals surface area (Å²) in [6.07, 6.45) is 1.27. The topological polar surface area (TPSA) is 74.5 Å². The molecule has 0 saturated carbocycles. The van der Waals surface area contributed by atoms with E-state index < -0.39 is 0 Å². The highest BCUT2D eigenvalue weighted by atomic mass is 16.5. The molecule has 0 amide bonds. The summed E-state index contributed by atoms with van der Waals surface area (Å²) in [5.74, 6) is 1.40. The van der Waals surface area contributed by atoms with Gasteiger partial charge in [-0.05, 0) is 36.4 Å². The van der Waals surface area contributed by atoms with Crippen LogP contribution in [0.25, 0.3) is 11.5 Å². The number of nitrogens with zero attached hydrogens (tertiary/aromatic N) is 2. The lowest BCUT2D eigenvalue weighted by Crippen LogP contribution is -2.12. The van der Waals surface area contributed by atoms with E-state index in [2.05, 4.69) is 10.2 Å². The van der Waals surface area contributed by atoms with Crippen LogP contribution < -0.4 is 9.47 Å². The van der Waals surface area contributed by atoms with Gasteiger partial charge >= 0.3 is 0 Å². The minimum absolute atomic E-state index is 0.0692. The fourth-order valence-corrected chi connectivity index (χ4v) is 2.09. The van der Waals surface area contributed by atoms with Crippen LogP contribution in [0.2, 0.25) is 0 Å². The van der Waals surface area contributed by atoms with Gasteiger partial charge in [0.15, 0.2) is 6.61 Å². The summed E-state index contributed by atoms with van der Waals surface area (Å²) in [5, 5.41) is 7.45. The number of hydrogen-bond donors (Lipinski definition) is 0. The first-order valence-corrected chi connectivity index (χ1v) is 6.93. The van der Waals surface area contributed by atoms with E-state index in [9.17, 15) is 4.79 Å². The summed E-state index contributed by atoms with van der Waals surface area (Å²) in [6.45, 7) is -0.0692. The third-order valence-corrected chi connectivity index (χ3v) is 3.24. The number of carbonyl (C=O) groups excluding carboxylic acids is 1. The van der Waals surface area contributed by atoms with Crippen LogP contribution in [0, 0.1) is 0 Å². The Morgan fingerprint density at radius 1 is 1.13 bits per heavy atom. The molecular formula is C17H14N2O4. The second kappa shape index (κ2) is 6.74. The van der Waals surface area contributed by atoms with Gasteiger partial charge in [0.05, 0.1) is 12.7 Å². The van der Waals surface area contributed by atoms with E-state index in [1.165, 1.54) is 13.5 Å². The normalized spacial score (nSPS) is 10.3. The van der Waals surface area contributed by atoms with Crippen molar-refractivity contribution in [1.82, 2.24) is 10.2 Å². The first-order valence-electron chi connectivity index (χ1n) is 6.93. The lowest BCUT2D eigenvalue weighted by molar-refractivity contribution is 0.0918. The van der Waals surface area contributed by atoms with Crippen molar-refractivity contribution in [2.75, 3.05) is 13.7 Å². The predicted molar refractivity (Wildman–Crippen MR) is 82.6 cm³/mol. The minimum Gasteiger partial charge on any atom is -0.496 e. The third kappa shape index (κ3) is 3.37. The number of aromatic nitrogens is 2. The fourth-order valence-electron chi connectivity index (χ4n) is 2.09. The van der Waals surface area contributed by atoms with Gasteiger partial charge in [-0.1, -0.05) is 12.1 Å². The maximum absolute atomic E-state index is 12.2. The van der Waals surface area contributed by atoms with Crippen molar-refractivity contribution in [2.45, 2.75) is 0 Å². The predicted octanol–water partition coefficient (Wildman–Crippen LogP) is 3.01. The monoisotopic (exact) mass is 310 g/mol. The quantitative estimate of drug-likeness (QED) is 0.652. The van der Waals surface area contributed by atoms with Crippen molar-refractivity contribution < 1.29 is 18.7 Å². The smallest absolute Gasteiger partial charge is 0.247 e. The average Bonchev–Trinajstić information content (AvgIpc) is 3.14. The van der Waals surface area contributed by atoms with Crippen LogP contribution in [0.15, 0.2) is 59.3 Å². The first kappa shape index (κ1) is 14.8. The molecule has 0 saturated heterocycles.